The minimum absolute atomic E-state index is 0.103. The van der Waals surface area contributed by atoms with Crippen molar-refractivity contribution >= 4 is 17.5 Å². The number of amides is 1. The number of carbonyl (C=O) groups excluding carboxylic acids is 1. The van der Waals surface area contributed by atoms with Gasteiger partial charge in [0.1, 0.15) is 17.5 Å². The first-order valence-electron chi connectivity index (χ1n) is 13.7. The van der Waals surface area contributed by atoms with Crippen LogP contribution in [0.15, 0.2) is 60.7 Å². The van der Waals surface area contributed by atoms with Gasteiger partial charge in [0.25, 0.3) is 5.91 Å². The number of nitrogens with two attached hydrogens (primary N) is 1. The van der Waals surface area contributed by atoms with Crippen LogP contribution < -0.4 is 10.5 Å². The number of hydrogen-bond acceptors (Lipinski definition) is 6. The van der Waals surface area contributed by atoms with Gasteiger partial charge in [-0.1, -0.05) is 41.9 Å². The van der Waals surface area contributed by atoms with E-state index in [9.17, 15) is 9.90 Å². The zero-order chi connectivity index (χ0) is 28.7. The smallest absolute Gasteiger partial charge is 0.254 e. The molecule has 0 aliphatic carbocycles. The van der Waals surface area contributed by atoms with E-state index in [1.165, 1.54) is 0 Å². The van der Waals surface area contributed by atoms with E-state index >= 15 is 0 Å². The summed E-state index contributed by atoms with van der Waals surface area (Å²) in [7, 11) is 3.30. The van der Waals surface area contributed by atoms with Gasteiger partial charge in [0, 0.05) is 43.0 Å². The van der Waals surface area contributed by atoms with Crippen LogP contribution in [0.25, 0.3) is 11.1 Å². The van der Waals surface area contributed by atoms with Crippen molar-refractivity contribution in [3.8, 4) is 16.9 Å². The van der Waals surface area contributed by atoms with Crippen molar-refractivity contribution < 1.29 is 24.1 Å². The first-order valence-corrected chi connectivity index (χ1v) is 14.0. The number of benzene rings is 3. The second-order valence-electron chi connectivity index (χ2n) is 10.3. The number of rotatable bonds is 11. The fourth-order valence-electron chi connectivity index (χ4n) is 5.39. The van der Waals surface area contributed by atoms with Gasteiger partial charge >= 0.3 is 0 Å². The second-order valence-corrected chi connectivity index (χ2v) is 10.7. The lowest BCUT2D eigenvalue weighted by Crippen LogP contribution is -2.54. The Bertz CT molecular complexity index is 1300. The zero-order valence-corrected chi connectivity index (χ0v) is 24.2. The number of halogens is 1. The highest BCUT2D eigenvalue weighted by Gasteiger charge is 2.44. The maximum Gasteiger partial charge on any atom is 0.254 e. The van der Waals surface area contributed by atoms with Crippen molar-refractivity contribution in [1.82, 2.24) is 4.90 Å². The fourth-order valence-corrected chi connectivity index (χ4v) is 5.67. The molecule has 2 atom stereocenters. The average Bonchev–Trinajstić information content (AvgIpc) is 2.98. The van der Waals surface area contributed by atoms with Crippen LogP contribution in [-0.2, 0) is 21.6 Å². The third-order valence-electron chi connectivity index (χ3n) is 7.53. The molecule has 3 aromatic carbocycles. The zero-order valence-electron chi connectivity index (χ0n) is 23.5. The Morgan fingerprint density at radius 2 is 1.93 bits per heavy atom. The summed E-state index contributed by atoms with van der Waals surface area (Å²) in [6.07, 6.45) is 1.21. The van der Waals surface area contributed by atoms with Crippen molar-refractivity contribution in [1.29, 1.82) is 0 Å². The van der Waals surface area contributed by atoms with Gasteiger partial charge in [-0.3, -0.25) is 4.79 Å². The molecule has 3 N–H and O–H groups in total. The monoisotopic (exact) mass is 566 g/mol. The van der Waals surface area contributed by atoms with Crippen molar-refractivity contribution in [3.05, 3.63) is 87.9 Å². The molecule has 7 nitrogen and oxygen atoms in total. The summed E-state index contributed by atoms with van der Waals surface area (Å²) in [6, 6.07) is 18.8. The van der Waals surface area contributed by atoms with Crippen molar-refractivity contribution in [2.45, 2.75) is 44.4 Å². The van der Waals surface area contributed by atoms with Gasteiger partial charge in [0.05, 0.1) is 20.3 Å². The summed E-state index contributed by atoms with van der Waals surface area (Å²) in [4.78, 5) is 15.2. The van der Waals surface area contributed by atoms with Gasteiger partial charge in [-0.05, 0) is 78.8 Å². The summed E-state index contributed by atoms with van der Waals surface area (Å²) >= 11 is 6.84. The lowest BCUT2D eigenvalue weighted by atomic mass is 9.78. The van der Waals surface area contributed by atoms with Crippen LogP contribution in [0.3, 0.4) is 0 Å². The molecule has 0 aromatic heterocycles. The molecule has 0 bridgehead atoms. The molecule has 1 amide bonds. The third kappa shape index (κ3) is 6.67. The Labute approximate surface area is 241 Å². The summed E-state index contributed by atoms with van der Waals surface area (Å²) in [5, 5.41) is 13.1. The van der Waals surface area contributed by atoms with Gasteiger partial charge in [-0.2, -0.15) is 0 Å². The molecule has 1 heterocycles. The third-order valence-corrected chi connectivity index (χ3v) is 7.85. The molecule has 3 aromatic rings. The predicted molar refractivity (Wildman–Crippen MR) is 158 cm³/mol. The highest BCUT2D eigenvalue weighted by molar-refractivity contribution is 6.33. The normalized spacial score (nSPS) is 16.9. The van der Waals surface area contributed by atoms with Crippen LogP contribution in [-0.4, -0.2) is 62.5 Å². The molecule has 214 valence electrons. The van der Waals surface area contributed by atoms with E-state index in [-0.39, 0.29) is 12.5 Å². The molecular weight excluding hydrogens is 528 g/mol. The lowest BCUT2D eigenvalue weighted by molar-refractivity contribution is -0.146. The van der Waals surface area contributed by atoms with E-state index in [0.717, 1.165) is 28.7 Å². The highest BCUT2D eigenvalue weighted by Crippen LogP contribution is 2.43. The number of aryl methyl sites for hydroxylation is 1. The first kappa shape index (κ1) is 30.0. The second kappa shape index (κ2) is 13.6. The number of ether oxygens (including phenoxy) is 3. The van der Waals surface area contributed by atoms with E-state index in [2.05, 4.69) is 0 Å². The summed E-state index contributed by atoms with van der Waals surface area (Å²) in [5.74, 6) is 0.601. The molecule has 1 fully saturated rings. The maximum atomic E-state index is 13.5. The van der Waals surface area contributed by atoms with E-state index in [1.54, 1.807) is 31.3 Å². The minimum Gasteiger partial charge on any atom is -0.497 e. The largest absolute Gasteiger partial charge is 0.497 e. The summed E-state index contributed by atoms with van der Waals surface area (Å²) in [5.41, 5.74) is 9.09. The first-order chi connectivity index (χ1) is 19.3. The Morgan fingerprint density at radius 1 is 1.15 bits per heavy atom. The van der Waals surface area contributed by atoms with Crippen LogP contribution in [0.4, 0.5) is 0 Å². The topological polar surface area (TPSA) is 94.2 Å². The number of nitrogens with zero attached hydrogens (tertiary/aromatic N) is 1. The van der Waals surface area contributed by atoms with E-state index in [0.29, 0.717) is 61.0 Å². The van der Waals surface area contributed by atoms with Crippen molar-refractivity contribution in [3.63, 3.8) is 0 Å². The van der Waals surface area contributed by atoms with Gasteiger partial charge in [-0.25, -0.2) is 0 Å². The molecule has 0 unspecified atom stereocenters. The SMILES string of the molecule is COCCCC[C@@](O)(c1cccc(Cl)c1-c1cc(C)cc(OC)c1)[C@H]1CN(C(=O)c2ccc(CN)cc2)CCO1. The Kier molecular flexibility index (Phi) is 10.2. The molecule has 0 radical (unpaired) electrons. The van der Waals surface area contributed by atoms with Gasteiger partial charge in [-0.15, -0.1) is 0 Å². The van der Waals surface area contributed by atoms with Crippen LogP contribution >= 0.6 is 11.6 Å². The molecular formula is C32H39ClN2O5. The molecule has 1 aliphatic rings. The van der Waals surface area contributed by atoms with E-state index in [1.807, 2.05) is 55.5 Å². The predicted octanol–water partition coefficient (Wildman–Crippen LogP) is 5.33. The molecule has 1 aliphatic heterocycles. The Hall–Kier alpha value is -2.94. The molecule has 8 heteroatoms. The highest BCUT2D eigenvalue weighted by atomic mass is 35.5. The number of aliphatic hydroxyl groups is 1. The van der Waals surface area contributed by atoms with Gasteiger partial charge < -0.3 is 30.0 Å². The standard InChI is InChI=1S/C32H39ClN2O5/c1-22-17-25(19-26(18-22)39-3)30-27(7-6-8-28(30)33)32(37,13-4-5-15-38-2)29-21-35(14-16-40-29)31(36)24-11-9-23(20-34)10-12-24/h6-12,17-19,29,37H,4-5,13-16,20-21,34H2,1-3H3/t29-,32-/m1/s1. The van der Waals surface area contributed by atoms with E-state index in [4.69, 9.17) is 31.5 Å². The number of carbonyl (C=O) groups is 1. The maximum absolute atomic E-state index is 13.5. The van der Waals surface area contributed by atoms with E-state index < -0.39 is 11.7 Å². The van der Waals surface area contributed by atoms with Crippen LogP contribution in [0.1, 0.15) is 46.3 Å². The summed E-state index contributed by atoms with van der Waals surface area (Å²) in [6.45, 7) is 3.98. The van der Waals surface area contributed by atoms with Crippen LogP contribution in [0, 0.1) is 6.92 Å². The minimum atomic E-state index is -1.42. The molecule has 4 rings (SSSR count). The molecule has 1 saturated heterocycles. The van der Waals surface area contributed by atoms with Gasteiger partial charge in [0.15, 0.2) is 0 Å². The van der Waals surface area contributed by atoms with Crippen molar-refractivity contribution in [2.75, 3.05) is 40.5 Å². The summed E-state index contributed by atoms with van der Waals surface area (Å²) < 4.78 is 17.0. The Balaban J connectivity index is 1.73. The van der Waals surface area contributed by atoms with Crippen LogP contribution in [0.2, 0.25) is 5.02 Å². The van der Waals surface area contributed by atoms with Crippen LogP contribution in [0.5, 0.6) is 5.75 Å². The molecule has 40 heavy (non-hydrogen) atoms. The number of unbranched alkanes of at least 4 members (excludes halogenated alkanes) is 1. The number of morpholine rings is 1. The average molecular weight is 567 g/mol. The fraction of sp³-hybridized carbons (Fsp3) is 0.406. The lowest BCUT2D eigenvalue weighted by Gasteiger charge is -2.43. The number of methoxy groups -OCH3 is 2. The Morgan fingerprint density at radius 3 is 2.62 bits per heavy atom. The molecule has 0 saturated carbocycles. The molecule has 0 spiro atoms. The quantitative estimate of drug-likeness (QED) is 0.305. The van der Waals surface area contributed by atoms with Crippen molar-refractivity contribution in [2.24, 2.45) is 5.73 Å². The number of hydrogen-bond donors (Lipinski definition) is 2. The van der Waals surface area contributed by atoms with Gasteiger partial charge in [0.2, 0.25) is 0 Å².